The van der Waals surface area contributed by atoms with E-state index >= 15 is 0 Å². The molecular formula is C3H16N2. The molecule has 0 aliphatic rings. The quantitative estimate of drug-likeness (QED) is 0.333. The zero-order valence-electron chi connectivity index (χ0n) is 1.15. The Morgan fingerprint density at radius 2 is 0.600 bits per heavy atom. The molecule has 0 spiro atoms. The van der Waals surface area contributed by atoms with Gasteiger partial charge < -0.3 is 0 Å². The van der Waals surface area contributed by atoms with E-state index < -0.39 is 0 Å². The molecule has 5 heavy (non-hydrogen) atoms. The molecule has 0 aromatic carbocycles. The third kappa shape index (κ3) is 2260. The van der Waals surface area contributed by atoms with Gasteiger partial charge in [0.25, 0.3) is 0 Å². The second-order valence-electron chi connectivity index (χ2n) is 0. The van der Waals surface area contributed by atoms with Gasteiger partial charge in [-0.1, -0.05) is 22.3 Å². The van der Waals surface area contributed by atoms with Crippen LogP contribution in [0.3, 0.4) is 0 Å². The van der Waals surface area contributed by atoms with Crippen LogP contribution in [0, 0.1) is 0 Å². The molecule has 0 aromatic heterocycles. The second kappa shape index (κ2) is 5220. The Balaban J connectivity index is -0.00000000167. The molecule has 38 valence electrons. The van der Waals surface area contributed by atoms with E-state index in [9.17, 15) is 0 Å². The zero-order valence-corrected chi connectivity index (χ0v) is 1.15. The minimum atomic E-state index is 0. The number of nitrogens with two attached hydrogens (primary N) is 2. The fourth-order valence-electron chi connectivity index (χ4n) is 0. The average Bonchev–Trinajstić information content (AvgIpc) is 1.00. The van der Waals surface area contributed by atoms with Crippen LogP contribution in [-0.2, 0) is 0 Å². The number of rotatable bonds is 0. The van der Waals surface area contributed by atoms with E-state index in [1.54, 1.807) is 0 Å². The third-order valence-electron chi connectivity index (χ3n) is 0. The van der Waals surface area contributed by atoms with Gasteiger partial charge in [0.05, 0.1) is 0 Å². The van der Waals surface area contributed by atoms with Crippen LogP contribution in [0.15, 0.2) is 0 Å². The Kier molecular flexibility index (Phi) is 93300. The van der Waals surface area contributed by atoms with E-state index in [1.807, 2.05) is 0 Å². The summed E-state index contributed by atoms with van der Waals surface area (Å²) in [5.74, 6) is 8.00. The summed E-state index contributed by atoms with van der Waals surface area (Å²) in [5.41, 5.74) is 0. The summed E-state index contributed by atoms with van der Waals surface area (Å²) in [6.45, 7) is 0. The maximum Gasteiger partial charge on any atom is -0.0776 e. The highest BCUT2D eigenvalue weighted by molar-refractivity contribution is 3.26. The van der Waals surface area contributed by atoms with Gasteiger partial charge in [-0.05, 0) is 0 Å². The van der Waals surface area contributed by atoms with E-state index in [4.69, 9.17) is 0 Å². The van der Waals surface area contributed by atoms with Gasteiger partial charge in [0.2, 0.25) is 0 Å². The van der Waals surface area contributed by atoms with Gasteiger partial charge in [-0.3, -0.25) is 11.7 Å². The smallest absolute Gasteiger partial charge is 0.0776 e. The van der Waals surface area contributed by atoms with Crippen LogP contribution in [-0.4, -0.2) is 0 Å². The third-order valence-corrected chi connectivity index (χ3v) is 0. The Morgan fingerprint density at radius 3 is 0.600 bits per heavy atom. The molecule has 0 atom stereocenters. The molecule has 0 saturated heterocycles. The molecule has 0 bridgehead atoms. The predicted molar refractivity (Wildman–Crippen MR) is 28.6 cm³/mol. The molecule has 4 N–H and O–H groups in total. The number of hydrazine groups is 1. The molecule has 0 saturated carbocycles. The lowest BCUT2D eigenvalue weighted by Gasteiger charge is -1.27. The van der Waals surface area contributed by atoms with E-state index in [0.717, 1.165) is 0 Å². The second-order valence-corrected chi connectivity index (χ2v) is 0. The van der Waals surface area contributed by atoms with Crippen molar-refractivity contribution in [2.75, 3.05) is 0 Å². The lowest BCUT2D eigenvalue weighted by atomic mass is 12.0. The van der Waals surface area contributed by atoms with Gasteiger partial charge in [-0.2, -0.15) is 0 Å². The standard InChI is InChI=1S/3CH4.H4N2/c;;;1-2/h3*1H4;1-2H2. The van der Waals surface area contributed by atoms with Crippen molar-refractivity contribution < 1.29 is 0 Å². The summed E-state index contributed by atoms with van der Waals surface area (Å²) in [5, 5.41) is 0. The normalized spacial score (nSPS) is 1.20. The van der Waals surface area contributed by atoms with Crippen LogP contribution in [0.2, 0.25) is 0 Å². The van der Waals surface area contributed by atoms with Gasteiger partial charge in [0, 0.05) is 0 Å². The highest BCUT2D eigenvalue weighted by atomic mass is 15.0. The van der Waals surface area contributed by atoms with Crippen molar-refractivity contribution >= 4 is 0 Å². The van der Waals surface area contributed by atoms with Gasteiger partial charge in [0.1, 0.15) is 0 Å². The molecule has 0 aromatic rings. The molecule has 0 rings (SSSR count). The molecule has 2 nitrogen and oxygen atoms in total. The molecule has 0 amide bonds. The van der Waals surface area contributed by atoms with Crippen LogP contribution < -0.4 is 11.7 Å². The summed E-state index contributed by atoms with van der Waals surface area (Å²) in [4.78, 5) is 0. The van der Waals surface area contributed by atoms with Crippen molar-refractivity contribution in [1.29, 1.82) is 0 Å². The van der Waals surface area contributed by atoms with Crippen molar-refractivity contribution in [2.45, 2.75) is 22.3 Å². The van der Waals surface area contributed by atoms with Gasteiger partial charge in [0.15, 0.2) is 0 Å². The summed E-state index contributed by atoms with van der Waals surface area (Å²) >= 11 is 0. The number of hydrogen-bond acceptors (Lipinski definition) is 2. The van der Waals surface area contributed by atoms with Gasteiger partial charge >= 0.3 is 0 Å². The fourth-order valence-corrected chi connectivity index (χ4v) is 0. The molecule has 2 heteroatoms. The summed E-state index contributed by atoms with van der Waals surface area (Å²) in [7, 11) is 0. The largest absolute Gasteiger partial charge is 0.274 e. The van der Waals surface area contributed by atoms with E-state index in [0.29, 0.717) is 0 Å². The Bertz CT molecular complexity index is 4.85. The minimum absolute atomic E-state index is 0. The first-order valence-electron chi connectivity index (χ1n) is 0.333. The van der Waals surface area contributed by atoms with E-state index in [1.165, 1.54) is 0 Å². The van der Waals surface area contributed by atoms with Crippen LogP contribution in [0.4, 0.5) is 0 Å². The lowest BCUT2D eigenvalue weighted by Crippen LogP contribution is -2.02. The van der Waals surface area contributed by atoms with Crippen LogP contribution in [0.1, 0.15) is 22.3 Å². The van der Waals surface area contributed by atoms with Crippen LogP contribution in [0.25, 0.3) is 0 Å². The average molecular weight is 80.2 g/mol. The molecule has 0 fully saturated rings. The highest BCUT2D eigenvalue weighted by Crippen LogP contribution is 0.146. The minimum Gasteiger partial charge on any atom is -0.274 e. The van der Waals surface area contributed by atoms with Crippen molar-refractivity contribution in [1.82, 2.24) is 0 Å². The topological polar surface area (TPSA) is 52.0 Å². The SMILES string of the molecule is C.C.C.NN. The Labute approximate surface area is 35.1 Å². The van der Waals surface area contributed by atoms with E-state index in [2.05, 4.69) is 11.7 Å². The molecule has 0 aliphatic heterocycles. The molecule has 0 unspecified atom stereocenters. The molecule has 0 aliphatic carbocycles. The maximum absolute atomic E-state index is 4.00. The predicted octanol–water partition coefficient (Wildman–Crippen LogP) is 0.727. The van der Waals surface area contributed by atoms with Gasteiger partial charge in [-0.25, -0.2) is 0 Å². The first-order chi connectivity index (χ1) is 1.00. The maximum atomic E-state index is 4.00. The monoisotopic (exact) mass is 80.1 g/mol. The zero-order chi connectivity index (χ0) is 2.00. The van der Waals surface area contributed by atoms with Crippen LogP contribution in [0.5, 0.6) is 0 Å². The highest BCUT2D eigenvalue weighted by Gasteiger charge is 0.726. The first-order valence-corrected chi connectivity index (χ1v) is 0.333. The van der Waals surface area contributed by atoms with Crippen molar-refractivity contribution in [3.8, 4) is 0 Å². The van der Waals surface area contributed by atoms with Crippen molar-refractivity contribution in [2.24, 2.45) is 11.7 Å². The Hall–Kier alpha value is -0.0800. The summed E-state index contributed by atoms with van der Waals surface area (Å²) in [6, 6.07) is 0. The molecule has 0 radical (unpaired) electrons. The van der Waals surface area contributed by atoms with Crippen molar-refractivity contribution in [3.63, 3.8) is 0 Å². The van der Waals surface area contributed by atoms with Crippen LogP contribution >= 0.6 is 0 Å². The summed E-state index contributed by atoms with van der Waals surface area (Å²) in [6.07, 6.45) is 0. The first kappa shape index (κ1) is 89.3. The van der Waals surface area contributed by atoms with E-state index in [-0.39, 0.29) is 22.3 Å². The molecule has 0 heterocycles. The fraction of sp³-hybridized carbons (Fsp3) is 1.00. The Morgan fingerprint density at radius 1 is 0.600 bits per heavy atom. The molecular weight excluding hydrogens is 64.0 g/mol. The van der Waals surface area contributed by atoms with Gasteiger partial charge in [-0.15, -0.1) is 0 Å². The number of hydrogen-bond donors (Lipinski definition) is 2. The van der Waals surface area contributed by atoms with Crippen molar-refractivity contribution in [3.05, 3.63) is 0 Å². The lowest BCUT2D eigenvalue weighted by molar-refractivity contribution is 1.26. The summed E-state index contributed by atoms with van der Waals surface area (Å²) < 4.78 is 0.